The minimum absolute atomic E-state index is 0.0868. The molecule has 23 heavy (non-hydrogen) atoms. The molecule has 2 atom stereocenters. The minimum atomic E-state index is 0.0868. The maximum atomic E-state index is 6.58. The van der Waals surface area contributed by atoms with E-state index in [-0.39, 0.29) is 6.04 Å². The quantitative estimate of drug-likeness (QED) is 0.861. The van der Waals surface area contributed by atoms with Crippen molar-refractivity contribution in [3.05, 3.63) is 22.7 Å². The Bertz CT molecular complexity index is 527. The molecule has 2 unspecified atom stereocenters. The van der Waals surface area contributed by atoms with E-state index in [9.17, 15) is 0 Å². The first-order chi connectivity index (χ1) is 11.1. The lowest BCUT2D eigenvalue weighted by atomic mass is 10.0. The topological polar surface area (TPSA) is 51.0 Å². The number of methoxy groups -OCH3 is 2. The number of nitrogens with two attached hydrogens (primary N) is 1. The largest absolute Gasteiger partial charge is 0.493 e. The van der Waals surface area contributed by atoms with Crippen molar-refractivity contribution < 1.29 is 9.47 Å². The summed E-state index contributed by atoms with van der Waals surface area (Å²) in [4.78, 5) is 4.91. The molecule has 130 valence electrons. The molecule has 0 amide bonds. The van der Waals surface area contributed by atoms with Gasteiger partial charge in [0.25, 0.3) is 0 Å². The molecular formula is C17H28ClN3O2. The number of nitrogens with zero attached hydrogens (tertiary/aromatic N) is 2. The van der Waals surface area contributed by atoms with Crippen LogP contribution in [0, 0.1) is 0 Å². The van der Waals surface area contributed by atoms with Gasteiger partial charge in [0.05, 0.1) is 19.2 Å². The molecule has 0 saturated carbocycles. The summed E-state index contributed by atoms with van der Waals surface area (Å²) < 4.78 is 10.7. The van der Waals surface area contributed by atoms with Crippen molar-refractivity contribution >= 4 is 11.6 Å². The molecule has 6 heteroatoms. The van der Waals surface area contributed by atoms with Crippen LogP contribution in [0.5, 0.6) is 11.5 Å². The van der Waals surface area contributed by atoms with Crippen molar-refractivity contribution in [2.24, 2.45) is 5.73 Å². The first-order valence-corrected chi connectivity index (χ1v) is 8.53. The number of rotatable bonds is 6. The fraction of sp³-hybridized carbons (Fsp3) is 0.647. The summed E-state index contributed by atoms with van der Waals surface area (Å²) in [7, 11) is 3.22. The van der Waals surface area contributed by atoms with Crippen molar-refractivity contribution in [2.75, 3.05) is 46.9 Å². The van der Waals surface area contributed by atoms with E-state index < -0.39 is 0 Å². The van der Waals surface area contributed by atoms with Crippen molar-refractivity contribution in [3.63, 3.8) is 0 Å². The fourth-order valence-corrected chi connectivity index (χ4v) is 3.77. The van der Waals surface area contributed by atoms with Crippen LogP contribution < -0.4 is 15.2 Å². The van der Waals surface area contributed by atoms with Gasteiger partial charge in [0.15, 0.2) is 11.5 Å². The maximum absolute atomic E-state index is 6.58. The summed E-state index contributed by atoms with van der Waals surface area (Å²) in [6.07, 6.45) is 0. The van der Waals surface area contributed by atoms with Crippen LogP contribution in [-0.2, 0) is 0 Å². The minimum Gasteiger partial charge on any atom is -0.493 e. The van der Waals surface area contributed by atoms with Crippen molar-refractivity contribution in [1.82, 2.24) is 9.80 Å². The van der Waals surface area contributed by atoms with Gasteiger partial charge in [-0.15, -0.1) is 0 Å². The molecule has 1 aliphatic heterocycles. The van der Waals surface area contributed by atoms with E-state index >= 15 is 0 Å². The summed E-state index contributed by atoms with van der Waals surface area (Å²) in [5.74, 6) is 1.21. The number of hydrogen-bond donors (Lipinski definition) is 1. The van der Waals surface area contributed by atoms with Gasteiger partial charge in [-0.3, -0.25) is 9.80 Å². The Hall–Kier alpha value is -1.01. The standard InChI is InChI=1S/C17H28ClN3O2/c1-5-20-8-9-21(11-12(20)2)14(10-19)13-6-7-15(22-3)17(23-4)16(13)18/h6-7,12,14H,5,8-11,19H2,1-4H3. The highest BCUT2D eigenvalue weighted by Crippen LogP contribution is 2.41. The van der Waals surface area contributed by atoms with Crippen molar-refractivity contribution in [2.45, 2.75) is 25.9 Å². The zero-order valence-corrected chi connectivity index (χ0v) is 15.3. The average Bonchev–Trinajstić information content (AvgIpc) is 2.56. The van der Waals surface area contributed by atoms with Gasteiger partial charge >= 0.3 is 0 Å². The number of benzene rings is 1. The zero-order chi connectivity index (χ0) is 17.0. The van der Waals surface area contributed by atoms with Crippen LogP contribution in [0.1, 0.15) is 25.5 Å². The lowest BCUT2D eigenvalue weighted by Crippen LogP contribution is -2.53. The van der Waals surface area contributed by atoms with Crippen LogP contribution >= 0.6 is 11.6 Å². The average molecular weight is 342 g/mol. The Labute approximate surface area is 144 Å². The van der Waals surface area contributed by atoms with Crippen LogP contribution in [0.15, 0.2) is 12.1 Å². The van der Waals surface area contributed by atoms with Gasteiger partial charge in [-0.1, -0.05) is 24.6 Å². The summed E-state index contributed by atoms with van der Waals surface area (Å²) in [5.41, 5.74) is 7.10. The third kappa shape index (κ3) is 3.74. The van der Waals surface area contributed by atoms with E-state index in [4.69, 9.17) is 26.8 Å². The van der Waals surface area contributed by atoms with Gasteiger partial charge in [0.1, 0.15) is 0 Å². The van der Waals surface area contributed by atoms with E-state index in [0.717, 1.165) is 31.7 Å². The van der Waals surface area contributed by atoms with Gasteiger partial charge in [-0.25, -0.2) is 0 Å². The van der Waals surface area contributed by atoms with E-state index in [1.165, 1.54) is 0 Å². The van der Waals surface area contributed by atoms with E-state index in [1.807, 2.05) is 12.1 Å². The molecule has 0 radical (unpaired) electrons. The summed E-state index contributed by atoms with van der Waals surface area (Å²) in [5, 5.41) is 0.591. The zero-order valence-electron chi connectivity index (χ0n) is 14.5. The monoisotopic (exact) mass is 341 g/mol. The fourth-order valence-electron chi connectivity index (χ4n) is 3.41. The second-order valence-corrected chi connectivity index (χ2v) is 6.31. The first-order valence-electron chi connectivity index (χ1n) is 8.15. The van der Waals surface area contributed by atoms with Crippen LogP contribution in [0.25, 0.3) is 0 Å². The number of hydrogen-bond acceptors (Lipinski definition) is 5. The van der Waals surface area contributed by atoms with Crippen molar-refractivity contribution in [3.8, 4) is 11.5 Å². The Kier molecular flexibility index (Phi) is 6.53. The molecule has 1 saturated heterocycles. The molecule has 2 rings (SSSR count). The predicted molar refractivity (Wildman–Crippen MR) is 94.6 cm³/mol. The molecule has 1 aliphatic rings. The van der Waals surface area contributed by atoms with E-state index in [1.54, 1.807) is 14.2 Å². The Morgan fingerprint density at radius 3 is 2.57 bits per heavy atom. The first kappa shape index (κ1) is 18.3. The third-order valence-electron chi connectivity index (χ3n) is 4.74. The normalized spacial score (nSPS) is 21.2. The summed E-state index contributed by atoms with van der Waals surface area (Å²) in [6.45, 7) is 9.11. The number of halogens is 1. The Morgan fingerprint density at radius 2 is 2.04 bits per heavy atom. The van der Waals surface area contributed by atoms with E-state index in [0.29, 0.717) is 29.1 Å². The lowest BCUT2D eigenvalue weighted by Gasteiger charge is -2.43. The third-order valence-corrected chi connectivity index (χ3v) is 5.13. The molecule has 1 fully saturated rings. The molecule has 0 aromatic heterocycles. The number of ether oxygens (including phenoxy) is 2. The second kappa shape index (κ2) is 8.20. The smallest absolute Gasteiger partial charge is 0.179 e. The predicted octanol–water partition coefficient (Wildman–Crippen LogP) is 2.38. The van der Waals surface area contributed by atoms with Gasteiger partial charge in [-0.2, -0.15) is 0 Å². The molecular weight excluding hydrogens is 314 g/mol. The summed E-state index contributed by atoms with van der Waals surface area (Å²) in [6, 6.07) is 4.50. The highest BCUT2D eigenvalue weighted by molar-refractivity contribution is 6.33. The van der Waals surface area contributed by atoms with Crippen molar-refractivity contribution in [1.29, 1.82) is 0 Å². The molecule has 0 aliphatic carbocycles. The van der Waals surface area contributed by atoms with Crippen LogP contribution in [0.2, 0.25) is 5.02 Å². The van der Waals surface area contributed by atoms with Crippen LogP contribution in [-0.4, -0.2) is 62.8 Å². The molecule has 2 N–H and O–H groups in total. The Balaban J connectivity index is 2.28. The Morgan fingerprint density at radius 1 is 1.30 bits per heavy atom. The lowest BCUT2D eigenvalue weighted by molar-refractivity contribution is 0.0606. The van der Waals surface area contributed by atoms with Gasteiger partial charge in [-0.05, 0) is 25.1 Å². The van der Waals surface area contributed by atoms with Crippen LogP contribution in [0.4, 0.5) is 0 Å². The molecule has 5 nitrogen and oxygen atoms in total. The van der Waals surface area contributed by atoms with E-state index in [2.05, 4.69) is 23.6 Å². The summed E-state index contributed by atoms with van der Waals surface area (Å²) >= 11 is 6.58. The maximum Gasteiger partial charge on any atom is 0.179 e. The van der Waals surface area contributed by atoms with Gasteiger partial charge < -0.3 is 15.2 Å². The van der Waals surface area contributed by atoms with Gasteiger partial charge in [0, 0.05) is 38.3 Å². The van der Waals surface area contributed by atoms with Gasteiger partial charge in [0.2, 0.25) is 0 Å². The highest BCUT2D eigenvalue weighted by Gasteiger charge is 2.30. The number of likely N-dealkylation sites (N-methyl/N-ethyl adjacent to an activating group) is 1. The molecule has 1 heterocycles. The SMILES string of the molecule is CCN1CCN(C(CN)c2ccc(OC)c(OC)c2Cl)CC1C. The number of piperazine rings is 1. The highest BCUT2D eigenvalue weighted by atomic mass is 35.5. The van der Waals surface area contributed by atoms with Crippen LogP contribution in [0.3, 0.4) is 0 Å². The molecule has 0 spiro atoms. The molecule has 1 aromatic carbocycles. The molecule has 1 aromatic rings. The second-order valence-electron chi connectivity index (χ2n) is 5.93. The molecule has 0 bridgehead atoms.